The van der Waals surface area contributed by atoms with Crippen LogP contribution in [0.2, 0.25) is 0 Å². The third-order valence-electron chi connectivity index (χ3n) is 5.59. The van der Waals surface area contributed by atoms with E-state index in [9.17, 15) is 17.6 Å². The molecule has 0 spiro atoms. The van der Waals surface area contributed by atoms with Crippen molar-refractivity contribution in [2.75, 3.05) is 13.2 Å². The Morgan fingerprint density at radius 3 is 2.79 bits per heavy atom. The monoisotopic (exact) mass is 570 g/mol. The van der Waals surface area contributed by atoms with Crippen molar-refractivity contribution in [3.8, 4) is 0 Å². The Morgan fingerprint density at radius 2 is 2.18 bits per heavy atom. The van der Waals surface area contributed by atoms with E-state index in [0.717, 1.165) is 0 Å². The number of hydrogen-bond acceptors (Lipinski definition) is 8. The molecule has 1 N–H and O–H groups in total. The predicted octanol–water partition coefficient (Wildman–Crippen LogP) is 3.77. The Hall–Kier alpha value is -2.15. The van der Waals surface area contributed by atoms with Crippen LogP contribution in [-0.2, 0) is 19.6 Å². The molecule has 1 aromatic heterocycles. The van der Waals surface area contributed by atoms with Crippen molar-refractivity contribution in [2.24, 2.45) is 4.99 Å². The number of ether oxygens (including phenoxy) is 1. The standard InChI is InChI=1S/C22H24BrFN4O4S2/c1-4-32-22(29)18-17-10-14(27-34(30,31)12(2)3)11-28(17)20(21-25-7-8-33-21)26-19(18)15-6-5-13(24)9-16(15)23/h5-9,12,14,19,27H,4,10-11H2,1-3H3. The predicted molar refractivity (Wildman–Crippen MR) is 131 cm³/mol. The van der Waals surface area contributed by atoms with Gasteiger partial charge in [-0.05, 0) is 38.5 Å². The van der Waals surface area contributed by atoms with E-state index in [0.29, 0.717) is 38.7 Å². The van der Waals surface area contributed by atoms with Crippen LogP contribution in [0, 0.1) is 5.82 Å². The van der Waals surface area contributed by atoms with Crippen LogP contribution < -0.4 is 4.72 Å². The molecule has 12 heteroatoms. The number of nitrogens with zero attached hydrogens (tertiary/aromatic N) is 3. The van der Waals surface area contributed by atoms with Crippen LogP contribution in [0.1, 0.15) is 43.8 Å². The minimum Gasteiger partial charge on any atom is -0.463 e. The number of sulfonamides is 1. The summed E-state index contributed by atoms with van der Waals surface area (Å²) in [5.41, 5.74) is 1.52. The molecule has 1 fully saturated rings. The summed E-state index contributed by atoms with van der Waals surface area (Å²) < 4.78 is 47.5. The largest absolute Gasteiger partial charge is 0.463 e. The van der Waals surface area contributed by atoms with Crippen LogP contribution >= 0.6 is 27.3 Å². The lowest BCUT2D eigenvalue weighted by Crippen LogP contribution is -2.42. The highest BCUT2D eigenvalue weighted by atomic mass is 79.9. The number of aromatic nitrogens is 1. The maximum atomic E-state index is 13.8. The molecule has 0 saturated carbocycles. The molecule has 34 heavy (non-hydrogen) atoms. The summed E-state index contributed by atoms with van der Waals surface area (Å²) in [5.74, 6) is -0.435. The van der Waals surface area contributed by atoms with Crippen molar-refractivity contribution in [3.63, 3.8) is 0 Å². The minimum absolute atomic E-state index is 0.166. The fourth-order valence-corrected chi connectivity index (χ4v) is 6.06. The third kappa shape index (κ3) is 4.81. The first-order valence-corrected chi connectivity index (χ1v) is 14.0. The van der Waals surface area contributed by atoms with Gasteiger partial charge in [-0.15, -0.1) is 11.3 Å². The molecule has 2 aliphatic heterocycles. The maximum Gasteiger partial charge on any atom is 0.338 e. The maximum absolute atomic E-state index is 13.8. The topological polar surface area (TPSA) is 101 Å². The van der Waals surface area contributed by atoms with Gasteiger partial charge in [0.2, 0.25) is 10.0 Å². The summed E-state index contributed by atoms with van der Waals surface area (Å²) in [6.07, 6.45) is 1.93. The fourth-order valence-electron chi connectivity index (χ4n) is 3.96. The van der Waals surface area contributed by atoms with Crippen LogP contribution in [-0.4, -0.2) is 54.6 Å². The minimum atomic E-state index is -3.54. The molecule has 1 aromatic carbocycles. The number of benzene rings is 1. The van der Waals surface area contributed by atoms with Crippen molar-refractivity contribution in [1.29, 1.82) is 0 Å². The van der Waals surface area contributed by atoms with Gasteiger partial charge in [0.1, 0.15) is 11.9 Å². The average Bonchev–Trinajstić information content (AvgIpc) is 3.42. The number of amidine groups is 1. The average molecular weight is 571 g/mol. The highest BCUT2D eigenvalue weighted by Crippen LogP contribution is 2.42. The summed E-state index contributed by atoms with van der Waals surface area (Å²) in [6.45, 7) is 5.39. The first-order valence-electron chi connectivity index (χ1n) is 10.7. The summed E-state index contributed by atoms with van der Waals surface area (Å²) in [4.78, 5) is 24.3. The van der Waals surface area contributed by atoms with Gasteiger partial charge in [0.15, 0.2) is 10.8 Å². The Kier molecular flexibility index (Phi) is 7.22. The van der Waals surface area contributed by atoms with Gasteiger partial charge in [-0.2, -0.15) is 0 Å². The number of aliphatic imine (C=N–C) groups is 1. The van der Waals surface area contributed by atoms with Crippen LogP contribution in [0.5, 0.6) is 0 Å². The number of halogens is 2. The highest BCUT2D eigenvalue weighted by Gasteiger charge is 2.43. The molecule has 0 aliphatic carbocycles. The molecule has 3 heterocycles. The van der Waals surface area contributed by atoms with Gasteiger partial charge in [0.05, 0.1) is 17.4 Å². The molecule has 2 aliphatic rings. The number of nitrogens with one attached hydrogen (secondary N) is 1. The third-order valence-corrected chi connectivity index (χ3v) is 8.95. The fraction of sp³-hybridized carbons (Fsp3) is 0.409. The summed E-state index contributed by atoms with van der Waals surface area (Å²) in [7, 11) is -3.54. The van der Waals surface area contributed by atoms with Crippen LogP contribution in [0.3, 0.4) is 0 Å². The van der Waals surface area contributed by atoms with Crippen LogP contribution in [0.25, 0.3) is 0 Å². The number of thiazole rings is 1. The van der Waals surface area contributed by atoms with Gasteiger partial charge in [-0.1, -0.05) is 22.0 Å². The first kappa shape index (κ1) is 25.0. The molecule has 0 radical (unpaired) electrons. The number of carbonyl (C=O) groups excluding carboxylic acids is 1. The first-order chi connectivity index (χ1) is 16.1. The SMILES string of the molecule is CCOC(=O)C1=C2CC(NS(=O)(=O)C(C)C)CN2C(c2nccs2)=NC1c1ccc(F)cc1Br. The molecule has 8 nitrogen and oxygen atoms in total. The van der Waals surface area contributed by atoms with E-state index in [4.69, 9.17) is 9.73 Å². The van der Waals surface area contributed by atoms with Crippen molar-refractivity contribution < 1.29 is 22.3 Å². The second-order valence-electron chi connectivity index (χ2n) is 8.16. The molecule has 182 valence electrons. The van der Waals surface area contributed by atoms with Crippen molar-refractivity contribution in [2.45, 2.75) is 44.5 Å². The molecule has 0 amide bonds. The summed E-state index contributed by atoms with van der Waals surface area (Å²) in [5, 5.41) is 1.86. The lowest BCUT2D eigenvalue weighted by Gasteiger charge is -2.31. The Bertz CT molecular complexity index is 1260. The van der Waals surface area contributed by atoms with E-state index in [1.807, 2.05) is 10.3 Å². The lowest BCUT2D eigenvalue weighted by molar-refractivity contribution is -0.139. The van der Waals surface area contributed by atoms with Gasteiger partial charge >= 0.3 is 5.97 Å². The number of esters is 1. The number of fused-ring (bicyclic) bond motifs is 1. The molecule has 2 aromatic rings. The Labute approximate surface area is 210 Å². The lowest BCUT2D eigenvalue weighted by atomic mass is 9.94. The second-order valence-corrected chi connectivity index (χ2v) is 12.2. The second kappa shape index (κ2) is 9.84. The molecular formula is C22H24BrFN4O4S2. The van der Waals surface area contributed by atoms with Gasteiger partial charge in [-0.25, -0.2) is 27.3 Å². The molecular weight excluding hydrogens is 547 g/mol. The van der Waals surface area contributed by atoms with Crippen LogP contribution in [0.15, 0.2) is 50.5 Å². The normalized spacial score (nSPS) is 20.5. The Balaban J connectivity index is 1.87. The van der Waals surface area contributed by atoms with E-state index in [2.05, 4.69) is 25.6 Å². The Morgan fingerprint density at radius 1 is 1.41 bits per heavy atom. The van der Waals surface area contributed by atoms with Gasteiger partial charge in [0, 0.05) is 40.8 Å². The molecule has 2 unspecified atom stereocenters. The van der Waals surface area contributed by atoms with E-state index < -0.39 is 39.1 Å². The van der Waals surface area contributed by atoms with Gasteiger partial charge in [-0.3, -0.25) is 4.99 Å². The van der Waals surface area contributed by atoms with E-state index >= 15 is 0 Å². The van der Waals surface area contributed by atoms with Crippen molar-refractivity contribution >= 4 is 49.1 Å². The smallest absolute Gasteiger partial charge is 0.338 e. The van der Waals surface area contributed by atoms with Crippen LogP contribution in [0.4, 0.5) is 4.39 Å². The zero-order valence-electron chi connectivity index (χ0n) is 18.8. The zero-order valence-corrected chi connectivity index (χ0v) is 22.0. The molecule has 1 saturated heterocycles. The number of rotatable bonds is 7. The van der Waals surface area contributed by atoms with Crippen molar-refractivity contribution in [1.82, 2.24) is 14.6 Å². The summed E-state index contributed by atoms with van der Waals surface area (Å²) >= 11 is 4.79. The molecule has 0 bridgehead atoms. The molecule has 2 atom stereocenters. The van der Waals surface area contributed by atoms with E-state index in [1.165, 1.54) is 23.5 Å². The zero-order chi connectivity index (χ0) is 24.6. The van der Waals surface area contributed by atoms with Gasteiger partial charge < -0.3 is 9.64 Å². The van der Waals surface area contributed by atoms with E-state index in [-0.39, 0.29) is 13.0 Å². The summed E-state index contributed by atoms with van der Waals surface area (Å²) in [6, 6.07) is 2.97. The van der Waals surface area contributed by atoms with E-state index in [1.54, 1.807) is 33.0 Å². The quantitative estimate of drug-likeness (QED) is 0.508. The number of hydrogen-bond donors (Lipinski definition) is 1. The van der Waals surface area contributed by atoms with Gasteiger partial charge in [0.25, 0.3) is 0 Å². The number of carbonyl (C=O) groups is 1. The highest BCUT2D eigenvalue weighted by molar-refractivity contribution is 9.10. The van der Waals surface area contributed by atoms with Crippen molar-refractivity contribution in [3.05, 3.63) is 61.9 Å². The molecule has 4 rings (SSSR count).